The van der Waals surface area contributed by atoms with E-state index in [1.54, 1.807) is 13.2 Å². The van der Waals surface area contributed by atoms with E-state index in [0.29, 0.717) is 11.5 Å². The first-order chi connectivity index (χ1) is 13.5. The lowest BCUT2D eigenvalue weighted by molar-refractivity contribution is -0.137. The molecular weight excluding hydrogens is 356 g/mol. The molecule has 1 atom stereocenters. The van der Waals surface area contributed by atoms with Crippen molar-refractivity contribution in [3.05, 3.63) is 29.8 Å². The van der Waals surface area contributed by atoms with E-state index in [1.165, 1.54) is 6.92 Å². The van der Waals surface area contributed by atoms with E-state index < -0.39 is 0 Å². The predicted octanol–water partition coefficient (Wildman–Crippen LogP) is 3.21. The summed E-state index contributed by atoms with van der Waals surface area (Å²) in [5.41, 5.74) is 0.973. The van der Waals surface area contributed by atoms with Crippen LogP contribution in [-0.4, -0.2) is 61.5 Å². The van der Waals surface area contributed by atoms with Crippen molar-refractivity contribution >= 4 is 18.0 Å². The van der Waals surface area contributed by atoms with Gasteiger partial charge in [0.05, 0.1) is 13.0 Å². The van der Waals surface area contributed by atoms with Gasteiger partial charge in [0, 0.05) is 33.1 Å². The van der Waals surface area contributed by atoms with Gasteiger partial charge in [-0.1, -0.05) is 18.2 Å². The summed E-state index contributed by atoms with van der Waals surface area (Å²) in [5, 5.41) is 0. The third-order valence-electron chi connectivity index (χ3n) is 5.05. The van der Waals surface area contributed by atoms with Gasteiger partial charge in [-0.3, -0.25) is 14.5 Å². The van der Waals surface area contributed by atoms with Gasteiger partial charge in [-0.15, -0.1) is 0 Å². The van der Waals surface area contributed by atoms with Crippen molar-refractivity contribution in [2.45, 2.75) is 33.6 Å². The molecule has 154 valence electrons. The molecule has 2 rings (SSSR count). The maximum absolute atomic E-state index is 12.6. The highest BCUT2D eigenvalue weighted by Crippen LogP contribution is 2.28. The lowest BCUT2D eigenvalue weighted by Crippen LogP contribution is -2.44. The van der Waals surface area contributed by atoms with E-state index in [0.717, 1.165) is 51.1 Å². The molecule has 1 aromatic rings. The van der Waals surface area contributed by atoms with Gasteiger partial charge in [0.15, 0.2) is 11.5 Å². The van der Waals surface area contributed by atoms with Crippen LogP contribution in [0.25, 0.3) is 6.08 Å². The number of carbonyl (C=O) groups is 2. The predicted molar refractivity (Wildman–Crippen MR) is 110 cm³/mol. The number of rotatable bonds is 8. The van der Waals surface area contributed by atoms with Crippen LogP contribution in [0.15, 0.2) is 24.3 Å². The minimum atomic E-state index is -0.375. The van der Waals surface area contributed by atoms with Crippen LogP contribution in [-0.2, 0) is 9.59 Å². The highest BCUT2D eigenvalue weighted by atomic mass is 16.6. The highest BCUT2D eigenvalue weighted by molar-refractivity contribution is 5.79. The summed E-state index contributed by atoms with van der Waals surface area (Å²) in [7, 11) is 1.55. The number of likely N-dealkylation sites (tertiary alicyclic amines) is 1. The summed E-state index contributed by atoms with van der Waals surface area (Å²) in [6, 6.07) is 5.47. The molecule has 1 aliphatic rings. The summed E-state index contributed by atoms with van der Waals surface area (Å²) in [6.07, 6.45) is 6.15. The van der Waals surface area contributed by atoms with E-state index in [4.69, 9.17) is 9.47 Å². The highest BCUT2D eigenvalue weighted by Gasteiger charge is 2.27. The number of amides is 1. The number of carbonyl (C=O) groups excluding carboxylic acids is 2. The Morgan fingerprint density at radius 1 is 1.25 bits per heavy atom. The molecule has 6 heteroatoms. The molecule has 0 N–H and O–H groups in total. The lowest BCUT2D eigenvalue weighted by Gasteiger charge is -2.33. The van der Waals surface area contributed by atoms with Crippen LogP contribution in [0.1, 0.15) is 39.2 Å². The molecule has 28 heavy (non-hydrogen) atoms. The van der Waals surface area contributed by atoms with Gasteiger partial charge < -0.3 is 14.4 Å². The molecule has 0 aromatic heterocycles. The van der Waals surface area contributed by atoms with Crippen molar-refractivity contribution in [3.63, 3.8) is 0 Å². The largest absolute Gasteiger partial charge is 0.493 e. The van der Waals surface area contributed by atoms with E-state index in [-0.39, 0.29) is 17.8 Å². The fraction of sp³-hybridized carbons (Fsp3) is 0.545. The van der Waals surface area contributed by atoms with Crippen LogP contribution in [0, 0.1) is 5.92 Å². The van der Waals surface area contributed by atoms with Crippen molar-refractivity contribution in [1.29, 1.82) is 0 Å². The summed E-state index contributed by atoms with van der Waals surface area (Å²) in [5.74, 6) is 0.955. The van der Waals surface area contributed by atoms with Crippen LogP contribution in [0.4, 0.5) is 0 Å². The molecule has 1 unspecified atom stereocenters. The van der Waals surface area contributed by atoms with Crippen LogP contribution in [0.3, 0.4) is 0 Å². The van der Waals surface area contributed by atoms with Gasteiger partial charge in [0.2, 0.25) is 5.91 Å². The number of nitrogens with zero attached hydrogens (tertiary/aromatic N) is 2. The van der Waals surface area contributed by atoms with Gasteiger partial charge in [-0.05, 0) is 50.9 Å². The first kappa shape index (κ1) is 22.0. The van der Waals surface area contributed by atoms with Crippen molar-refractivity contribution in [2.24, 2.45) is 5.92 Å². The normalized spacial score (nSPS) is 17.5. The second kappa shape index (κ2) is 10.9. The van der Waals surface area contributed by atoms with Gasteiger partial charge in [-0.25, -0.2) is 0 Å². The summed E-state index contributed by atoms with van der Waals surface area (Å²) < 4.78 is 10.4. The number of esters is 1. The van der Waals surface area contributed by atoms with E-state index >= 15 is 0 Å². The maximum Gasteiger partial charge on any atom is 0.308 e. The van der Waals surface area contributed by atoms with Gasteiger partial charge in [0.25, 0.3) is 0 Å². The minimum Gasteiger partial charge on any atom is -0.493 e. The molecule has 0 aliphatic carbocycles. The second-order valence-corrected chi connectivity index (χ2v) is 7.02. The molecule has 0 bridgehead atoms. The van der Waals surface area contributed by atoms with Crippen molar-refractivity contribution in [2.75, 3.05) is 39.8 Å². The number of benzene rings is 1. The van der Waals surface area contributed by atoms with Crippen LogP contribution in [0.5, 0.6) is 11.5 Å². The van der Waals surface area contributed by atoms with Crippen LogP contribution in [0.2, 0.25) is 0 Å². The molecule has 1 amide bonds. The Balaban J connectivity index is 1.95. The topological polar surface area (TPSA) is 59.1 Å². The molecular formula is C22H32N2O4. The number of hydrogen-bond acceptors (Lipinski definition) is 5. The molecule has 1 heterocycles. The SMILES string of the molecule is CCN(CC)C(=O)C1CCCN(C/C=C\c2ccc(OC(C)=O)c(OC)c2)C1. The smallest absolute Gasteiger partial charge is 0.308 e. The summed E-state index contributed by atoms with van der Waals surface area (Å²) in [4.78, 5) is 28.0. The number of ether oxygens (including phenoxy) is 2. The van der Waals surface area contributed by atoms with Crippen LogP contribution >= 0.6 is 0 Å². The van der Waals surface area contributed by atoms with Gasteiger partial charge in [-0.2, -0.15) is 0 Å². The van der Waals surface area contributed by atoms with Crippen molar-refractivity contribution < 1.29 is 19.1 Å². The average molecular weight is 389 g/mol. The Morgan fingerprint density at radius 2 is 2.00 bits per heavy atom. The Bertz CT molecular complexity index is 698. The molecule has 0 saturated carbocycles. The van der Waals surface area contributed by atoms with Crippen molar-refractivity contribution in [1.82, 2.24) is 9.80 Å². The molecule has 1 saturated heterocycles. The first-order valence-electron chi connectivity index (χ1n) is 10.0. The molecule has 1 aromatic carbocycles. The Labute approximate surface area is 168 Å². The van der Waals surface area contributed by atoms with E-state index in [9.17, 15) is 9.59 Å². The minimum absolute atomic E-state index is 0.102. The third-order valence-corrected chi connectivity index (χ3v) is 5.05. The standard InChI is InChI=1S/C22H32N2O4/c1-5-24(6-2)22(26)19-10-8-14-23(16-19)13-7-9-18-11-12-20(28-17(3)25)21(15-18)27-4/h7,9,11-12,15,19H,5-6,8,10,13-14,16H2,1-4H3/b9-7-. The quantitative estimate of drug-likeness (QED) is 0.506. The van der Waals surface area contributed by atoms with Crippen LogP contribution < -0.4 is 9.47 Å². The number of methoxy groups -OCH3 is 1. The zero-order valence-electron chi connectivity index (χ0n) is 17.4. The average Bonchev–Trinajstić information content (AvgIpc) is 2.69. The summed E-state index contributed by atoms with van der Waals surface area (Å²) >= 11 is 0. The molecule has 6 nitrogen and oxygen atoms in total. The third kappa shape index (κ3) is 6.09. The second-order valence-electron chi connectivity index (χ2n) is 7.02. The maximum atomic E-state index is 12.6. The summed E-state index contributed by atoms with van der Waals surface area (Å²) in [6.45, 7) is 9.61. The number of piperidine rings is 1. The molecule has 0 radical (unpaired) electrons. The lowest BCUT2D eigenvalue weighted by atomic mass is 9.96. The fourth-order valence-electron chi connectivity index (χ4n) is 3.58. The Hall–Kier alpha value is -2.34. The van der Waals surface area contributed by atoms with E-state index in [1.807, 2.05) is 37.0 Å². The van der Waals surface area contributed by atoms with Gasteiger partial charge in [0.1, 0.15) is 0 Å². The molecule has 0 spiro atoms. The zero-order chi connectivity index (χ0) is 20.5. The van der Waals surface area contributed by atoms with Gasteiger partial charge >= 0.3 is 5.97 Å². The Kier molecular flexibility index (Phi) is 8.51. The zero-order valence-corrected chi connectivity index (χ0v) is 17.4. The molecule has 1 fully saturated rings. The van der Waals surface area contributed by atoms with E-state index in [2.05, 4.69) is 11.0 Å². The first-order valence-corrected chi connectivity index (χ1v) is 10.0. The molecule has 1 aliphatic heterocycles. The number of hydrogen-bond donors (Lipinski definition) is 0. The monoisotopic (exact) mass is 388 g/mol. The Morgan fingerprint density at radius 3 is 2.64 bits per heavy atom. The van der Waals surface area contributed by atoms with Crippen molar-refractivity contribution in [3.8, 4) is 11.5 Å². The fourth-order valence-corrected chi connectivity index (χ4v) is 3.58.